The number of aromatic nitrogens is 2. The number of benzene rings is 4. The van der Waals surface area contributed by atoms with Crippen LogP contribution in [0.15, 0.2) is 89.9 Å². The molecule has 4 amide bonds. The highest BCUT2D eigenvalue weighted by molar-refractivity contribution is 6.02. The van der Waals surface area contributed by atoms with Gasteiger partial charge >= 0.3 is 12.2 Å². The fourth-order valence-corrected chi connectivity index (χ4v) is 11.6. The van der Waals surface area contributed by atoms with Gasteiger partial charge in [-0.15, -0.1) is 0 Å². The number of aliphatic imine (C=N–C) groups is 1. The molecule has 3 aliphatic heterocycles. The van der Waals surface area contributed by atoms with E-state index in [1.54, 1.807) is 53.4 Å². The van der Waals surface area contributed by atoms with Gasteiger partial charge in [-0.3, -0.25) is 14.6 Å². The van der Waals surface area contributed by atoms with Crippen molar-refractivity contribution in [1.29, 1.82) is 0 Å². The number of methoxy groups -OCH3 is 2. The van der Waals surface area contributed by atoms with Crippen LogP contribution in [-0.4, -0.2) is 108 Å². The molecule has 14 nitrogen and oxygen atoms in total. The highest BCUT2D eigenvalue weighted by Gasteiger charge is 2.52. The monoisotopic (exact) mass is 941 g/mol. The van der Waals surface area contributed by atoms with Crippen LogP contribution in [0.3, 0.4) is 0 Å². The van der Waals surface area contributed by atoms with E-state index < -0.39 is 30.2 Å². The number of ether oxygens (including phenoxy) is 3. The lowest BCUT2D eigenvalue weighted by atomic mass is 9.89. The molecule has 3 saturated heterocycles. The summed E-state index contributed by atoms with van der Waals surface area (Å²) in [6.45, 7) is 3.78. The Morgan fingerprint density at radius 3 is 2.32 bits per heavy atom. The fourth-order valence-electron chi connectivity index (χ4n) is 11.6. The largest absolute Gasteiger partial charge is 0.453 e. The number of carbonyl (C=O) groups excluding carboxylic acids is 4. The minimum atomic E-state index is -3.28. The van der Waals surface area contributed by atoms with Crippen LogP contribution in [0, 0.1) is 11.8 Å². The van der Waals surface area contributed by atoms with Gasteiger partial charge in [0.15, 0.2) is 0 Å². The lowest BCUT2D eigenvalue weighted by molar-refractivity contribution is -0.140. The van der Waals surface area contributed by atoms with Gasteiger partial charge in [0.2, 0.25) is 11.8 Å². The van der Waals surface area contributed by atoms with Crippen LogP contribution in [0.4, 0.5) is 18.4 Å². The number of alkyl halides is 2. The van der Waals surface area contributed by atoms with Gasteiger partial charge in [0, 0.05) is 42.6 Å². The third-order valence-corrected chi connectivity index (χ3v) is 15.1. The zero-order chi connectivity index (χ0) is 48.0. The second-order valence-corrected chi connectivity index (χ2v) is 18.9. The molecule has 3 N–H and O–H groups in total. The summed E-state index contributed by atoms with van der Waals surface area (Å²) in [6, 6.07) is 22.9. The molecular formula is C53H57F2N7O7. The molecule has 6 unspecified atom stereocenters. The first-order valence-electron chi connectivity index (χ1n) is 24.1. The summed E-state index contributed by atoms with van der Waals surface area (Å²) in [6.07, 6.45) is 4.64. The standard InChI is InChI=1S/C53H57F2N7O7/c1-4-42(56-29-37-11-8-22-61(37)49(63)45(59-51(65)67-2)30-9-6-5-7-10-30)34-14-18-39-38-17-13-32(26-40(38)53(54,55)41(39)27-34)33-15-19-43-44(28-33)58-48(57-43)47-35-12-16-36(25-35)62(47)50(64)46(60-52(66)68-3)31-20-23-69-24-21-31/h5-7,9-10,13-15,17-19,26-28,31,35-37,45-47H,4,8,11-12,16,20-25,29H2,1-3H3,(H,57,58)(H,59,65)(H,60,66). The lowest BCUT2D eigenvalue weighted by Gasteiger charge is -2.39. The van der Waals surface area contributed by atoms with Gasteiger partial charge in [0.1, 0.15) is 17.9 Å². The Morgan fingerprint density at radius 1 is 0.855 bits per heavy atom. The van der Waals surface area contributed by atoms with Crippen molar-refractivity contribution in [2.45, 2.75) is 94.4 Å². The van der Waals surface area contributed by atoms with Crippen molar-refractivity contribution in [3.05, 3.63) is 113 Å². The van der Waals surface area contributed by atoms with E-state index in [1.807, 2.05) is 48.2 Å². The number of nitrogens with one attached hydrogen (secondary N) is 3. The number of aromatic amines is 1. The van der Waals surface area contributed by atoms with Crippen LogP contribution < -0.4 is 10.6 Å². The summed E-state index contributed by atoms with van der Waals surface area (Å²) in [4.78, 5) is 70.4. The minimum absolute atomic E-state index is 0.0325. The van der Waals surface area contributed by atoms with Gasteiger partial charge in [-0.05, 0) is 121 Å². The summed E-state index contributed by atoms with van der Waals surface area (Å²) in [5.41, 5.74) is 5.51. The number of hydrogen-bond acceptors (Lipinski definition) is 9. The van der Waals surface area contributed by atoms with Crippen molar-refractivity contribution in [3.63, 3.8) is 0 Å². The highest BCUT2D eigenvalue weighted by Crippen LogP contribution is 2.53. The number of imidazole rings is 1. The molecule has 0 radical (unpaired) electrons. The minimum Gasteiger partial charge on any atom is -0.453 e. The maximum Gasteiger partial charge on any atom is 0.407 e. The third kappa shape index (κ3) is 8.61. The Hall–Kier alpha value is -6.68. The highest BCUT2D eigenvalue weighted by atomic mass is 19.3. The van der Waals surface area contributed by atoms with E-state index >= 15 is 8.78 Å². The summed E-state index contributed by atoms with van der Waals surface area (Å²) in [5.74, 6) is -2.88. The number of hydrogen-bond donors (Lipinski definition) is 3. The summed E-state index contributed by atoms with van der Waals surface area (Å²) >= 11 is 0. The molecule has 5 aliphatic rings. The first kappa shape index (κ1) is 46.1. The molecular weight excluding hydrogens is 885 g/mol. The van der Waals surface area contributed by atoms with Crippen molar-refractivity contribution < 1.29 is 42.2 Å². The average Bonchev–Trinajstić information content (AvgIpc) is 4.24. The molecule has 2 bridgehead atoms. The van der Waals surface area contributed by atoms with Gasteiger partial charge in [-0.25, -0.2) is 14.6 Å². The molecule has 4 heterocycles. The molecule has 6 atom stereocenters. The Morgan fingerprint density at radius 2 is 1.57 bits per heavy atom. The van der Waals surface area contributed by atoms with Crippen molar-refractivity contribution in [2.75, 3.05) is 40.5 Å². The van der Waals surface area contributed by atoms with E-state index in [0.29, 0.717) is 83.9 Å². The van der Waals surface area contributed by atoms with Crippen molar-refractivity contribution in [3.8, 4) is 22.3 Å². The van der Waals surface area contributed by atoms with Crippen molar-refractivity contribution in [1.82, 2.24) is 30.4 Å². The van der Waals surface area contributed by atoms with Crippen LogP contribution >= 0.6 is 0 Å². The zero-order valence-electron chi connectivity index (χ0n) is 39.0. The third-order valence-electron chi connectivity index (χ3n) is 15.1. The molecule has 360 valence electrons. The number of rotatable bonds is 12. The van der Waals surface area contributed by atoms with Crippen molar-refractivity contribution in [2.24, 2.45) is 16.8 Å². The Kier molecular flexibility index (Phi) is 12.7. The predicted molar refractivity (Wildman–Crippen MR) is 255 cm³/mol. The van der Waals surface area contributed by atoms with E-state index in [-0.39, 0.29) is 59.4 Å². The Labute approximate surface area is 399 Å². The predicted octanol–water partition coefficient (Wildman–Crippen LogP) is 8.84. The zero-order valence-corrected chi connectivity index (χ0v) is 39.0. The molecule has 16 heteroatoms. The molecule has 5 aromatic rings. The Balaban J connectivity index is 0.872. The molecule has 10 rings (SSSR count). The number of nitrogens with zero attached hydrogens (tertiary/aromatic N) is 4. The molecule has 0 spiro atoms. The normalized spacial score (nSPS) is 22.5. The second-order valence-electron chi connectivity index (χ2n) is 18.9. The molecule has 4 fully saturated rings. The summed E-state index contributed by atoms with van der Waals surface area (Å²) < 4.78 is 48.8. The maximum absolute atomic E-state index is 16.7. The quantitative estimate of drug-likeness (QED) is 0.104. The van der Waals surface area contributed by atoms with Crippen LogP contribution in [0.2, 0.25) is 0 Å². The smallest absolute Gasteiger partial charge is 0.407 e. The second kappa shape index (κ2) is 19.0. The van der Waals surface area contributed by atoms with E-state index in [4.69, 9.17) is 24.2 Å². The first-order chi connectivity index (χ1) is 33.5. The molecule has 2 aliphatic carbocycles. The van der Waals surface area contributed by atoms with Crippen molar-refractivity contribution >= 4 is 40.7 Å². The molecule has 1 saturated carbocycles. The summed E-state index contributed by atoms with van der Waals surface area (Å²) in [7, 11) is 2.55. The fraction of sp³-hybridized carbons (Fsp3) is 0.434. The molecule has 1 aromatic heterocycles. The Bertz CT molecular complexity index is 2810. The SMILES string of the molecule is CCC(=NCC1CCCN1C(=O)C(NC(=O)OC)c1ccccc1)c1ccc2c(c1)C(F)(F)c1cc(-c3ccc4nc(C5C6CCC(C6)N5C(=O)C(NC(=O)OC)C5CCOCC5)[nH]c4c3)ccc1-2. The van der Waals surface area contributed by atoms with Crippen LogP contribution in [-0.2, 0) is 29.7 Å². The van der Waals surface area contributed by atoms with Crippen LogP contribution in [0.25, 0.3) is 33.3 Å². The van der Waals surface area contributed by atoms with Gasteiger partial charge in [-0.1, -0.05) is 67.6 Å². The lowest BCUT2D eigenvalue weighted by Crippen LogP contribution is -2.55. The van der Waals surface area contributed by atoms with Gasteiger partial charge in [-0.2, -0.15) is 8.78 Å². The number of alkyl carbamates (subject to hydrolysis) is 2. The topological polar surface area (TPSA) is 168 Å². The average molecular weight is 942 g/mol. The number of fused-ring (bicyclic) bond motifs is 6. The number of amides is 4. The van der Waals surface area contributed by atoms with Gasteiger partial charge in [0.25, 0.3) is 5.92 Å². The van der Waals surface area contributed by atoms with Gasteiger partial charge in [0.05, 0.1) is 43.9 Å². The number of H-pyrrole nitrogens is 1. The molecule has 4 aromatic carbocycles. The number of carbonyl (C=O) groups is 4. The van der Waals surface area contributed by atoms with E-state index in [0.717, 1.165) is 43.2 Å². The van der Waals surface area contributed by atoms with Gasteiger partial charge < -0.3 is 39.6 Å². The molecule has 69 heavy (non-hydrogen) atoms. The van der Waals surface area contributed by atoms with E-state index in [2.05, 4.69) is 15.6 Å². The number of halogens is 2. The van der Waals surface area contributed by atoms with Crippen LogP contribution in [0.5, 0.6) is 0 Å². The first-order valence-corrected chi connectivity index (χ1v) is 24.1. The number of likely N-dealkylation sites (tertiary alicyclic amines) is 2. The maximum atomic E-state index is 16.7. The van der Waals surface area contributed by atoms with E-state index in [9.17, 15) is 19.2 Å². The van der Waals surface area contributed by atoms with Crippen LogP contribution in [0.1, 0.15) is 98.5 Å². The van der Waals surface area contributed by atoms with E-state index in [1.165, 1.54) is 14.2 Å². The summed E-state index contributed by atoms with van der Waals surface area (Å²) in [5, 5.41) is 5.54. The number of piperidine rings is 1.